The summed E-state index contributed by atoms with van der Waals surface area (Å²) in [7, 11) is 1.45. The van der Waals surface area contributed by atoms with Crippen LogP contribution >= 0.6 is 0 Å². The number of nitrogens with one attached hydrogen (secondary N) is 2. The zero-order valence-corrected chi connectivity index (χ0v) is 11.9. The number of rotatable bonds is 7. The van der Waals surface area contributed by atoms with Gasteiger partial charge < -0.3 is 15.4 Å². The molecule has 2 N–H and O–H groups in total. The van der Waals surface area contributed by atoms with Crippen LogP contribution in [0.15, 0.2) is 18.2 Å². The molecule has 0 bridgehead atoms. The summed E-state index contributed by atoms with van der Waals surface area (Å²) in [4.78, 5) is 11.4. The highest BCUT2D eigenvalue weighted by Crippen LogP contribution is 2.28. The summed E-state index contributed by atoms with van der Waals surface area (Å²) in [6, 6.07) is 4.90. The number of hydrogen-bond acceptors (Lipinski definition) is 3. The van der Waals surface area contributed by atoms with Crippen LogP contribution in [0.2, 0.25) is 0 Å². The van der Waals surface area contributed by atoms with Crippen molar-refractivity contribution < 1.29 is 13.9 Å². The molecule has 1 atom stereocenters. The SMILES string of the molecule is COc1cc(C(C)NCCNC(=O)C2CC2)ccc1F. The van der Waals surface area contributed by atoms with Gasteiger partial charge in [0, 0.05) is 25.0 Å². The fourth-order valence-electron chi connectivity index (χ4n) is 2.03. The van der Waals surface area contributed by atoms with Gasteiger partial charge in [0.05, 0.1) is 7.11 Å². The number of benzene rings is 1. The molecule has 0 saturated heterocycles. The molecule has 0 aromatic heterocycles. The van der Waals surface area contributed by atoms with Crippen LogP contribution in [0.3, 0.4) is 0 Å². The molecule has 1 aromatic carbocycles. The van der Waals surface area contributed by atoms with Gasteiger partial charge in [-0.2, -0.15) is 0 Å². The molecule has 5 heteroatoms. The Morgan fingerprint density at radius 1 is 1.45 bits per heavy atom. The van der Waals surface area contributed by atoms with E-state index in [9.17, 15) is 9.18 Å². The van der Waals surface area contributed by atoms with Crippen LogP contribution in [-0.2, 0) is 4.79 Å². The van der Waals surface area contributed by atoms with E-state index in [1.54, 1.807) is 12.1 Å². The van der Waals surface area contributed by atoms with Crippen molar-refractivity contribution >= 4 is 5.91 Å². The molecular weight excluding hydrogens is 259 g/mol. The molecule has 1 saturated carbocycles. The van der Waals surface area contributed by atoms with Gasteiger partial charge in [0.2, 0.25) is 5.91 Å². The van der Waals surface area contributed by atoms with Gasteiger partial charge in [-0.1, -0.05) is 6.07 Å². The van der Waals surface area contributed by atoms with Crippen molar-refractivity contribution in [1.82, 2.24) is 10.6 Å². The molecule has 4 nitrogen and oxygen atoms in total. The molecule has 1 aliphatic carbocycles. The van der Waals surface area contributed by atoms with Gasteiger partial charge in [-0.15, -0.1) is 0 Å². The average Bonchev–Trinajstić information content (AvgIpc) is 3.28. The highest BCUT2D eigenvalue weighted by molar-refractivity contribution is 5.80. The van der Waals surface area contributed by atoms with Crippen LogP contribution in [0.4, 0.5) is 4.39 Å². The maximum absolute atomic E-state index is 13.3. The van der Waals surface area contributed by atoms with Gasteiger partial charge >= 0.3 is 0 Å². The minimum absolute atomic E-state index is 0.0716. The normalized spacial score (nSPS) is 15.8. The van der Waals surface area contributed by atoms with Crippen LogP contribution in [0.1, 0.15) is 31.4 Å². The van der Waals surface area contributed by atoms with E-state index >= 15 is 0 Å². The first-order chi connectivity index (χ1) is 9.61. The minimum atomic E-state index is -0.361. The highest BCUT2D eigenvalue weighted by atomic mass is 19.1. The lowest BCUT2D eigenvalue weighted by Crippen LogP contribution is -2.33. The van der Waals surface area contributed by atoms with Crippen molar-refractivity contribution in [3.05, 3.63) is 29.6 Å². The van der Waals surface area contributed by atoms with E-state index in [0.29, 0.717) is 13.1 Å². The van der Waals surface area contributed by atoms with Crippen LogP contribution in [0.5, 0.6) is 5.75 Å². The van der Waals surface area contributed by atoms with Crippen LogP contribution in [-0.4, -0.2) is 26.1 Å². The summed E-state index contributed by atoms with van der Waals surface area (Å²) >= 11 is 0. The van der Waals surface area contributed by atoms with E-state index < -0.39 is 0 Å². The first kappa shape index (κ1) is 14.8. The second kappa shape index (κ2) is 6.70. The Morgan fingerprint density at radius 3 is 2.85 bits per heavy atom. The molecule has 0 spiro atoms. The number of ether oxygens (including phenoxy) is 1. The van der Waals surface area contributed by atoms with Crippen LogP contribution < -0.4 is 15.4 Å². The monoisotopic (exact) mass is 280 g/mol. The lowest BCUT2D eigenvalue weighted by Gasteiger charge is -2.15. The van der Waals surface area contributed by atoms with Gasteiger partial charge in [0.1, 0.15) is 0 Å². The lowest BCUT2D eigenvalue weighted by molar-refractivity contribution is -0.122. The second-order valence-electron chi connectivity index (χ2n) is 5.14. The molecule has 1 fully saturated rings. The quantitative estimate of drug-likeness (QED) is 0.751. The van der Waals surface area contributed by atoms with E-state index in [0.717, 1.165) is 18.4 Å². The Hall–Kier alpha value is -1.62. The Morgan fingerprint density at radius 2 is 2.20 bits per heavy atom. The molecule has 1 aliphatic rings. The molecule has 0 heterocycles. The molecule has 20 heavy (non-hydrogen) atoms. The fourth-order valence-corrected chi connectivity index (χ4v) is 2.03. The summed E-state index contributed by atoms with van der Waals surface area (Å²) in [6.07, 6.45) is 2.04. The average molecular weight is 280 g/mol. The standard InChI is InChI=1S/C15H21FN2O2/c1-10(12-5-6-13(16)14(9-12)20-2)17-7-8-18-15(19)11-3-4-11/h5-6,9-11,17H,3-4,7-8H2,1-2H3,(H,18,19). The van der Waals surface area contributed by atoms with Crippen molar-refractivity contribution in [2.24, 2.45) is 5.92 Å². The second-order valence-corrected chi connectivity index (χ2v) is 5.14. The Kier molecular flexibility index (Phi) is 4.95. The third-order valence-electron chi connectivity index (χ3n) is 3.50. The van der Waals surface area contributed by atoms with Crippen molar-refractivity contribution in [3.8, 4) is 5.75 Å². The maximum atomic E-state index is 13.3. The number of methoxy groups -OCH3 is 1. The van der Waals surface area contributed by atoms with Crippen molar-refractivity contribution in [3.63, 3.8) is 0 Å². The topological polar surface area (TPSA) is 50.4 Å². The third kappa shape index (κ3) is 3.93. The molecule has 110 valence electrons. The van der Waals surface area contributed by atoms with Crippen molar-refractivity contribution in [1.29, 1.82) is 0 Å². The van der Waals surface area contributed by atoms with Gasteiger partial charge in [-0.3, -0.25) is 4.79 Å². The molecule has 2 rings (SSSR count). The number of halogens is 1. The molecule has 1 unspecified atom stereocenters. The number of hydrogen-bond donors (Lipinski definition) is 2. The zero-order valence-electron chi connectivity index (χ0n) is 11.9. The molecule has 1 amide bonds. The molecule has 0 aliphatic heterocycles. The number of amides is 1. The molecule has 1 aromatic rings. The van der Waals surface area contributed by atoms with Crippen LogP contribution in [0, 0.1) is 11.7 Å². The van der Waals surface area contributed by atoms with E-state index in [-0.39, 0.29) is 29.4 Å². The molecule has 0 radical (unpaired) electrons. The summed E-state index contributed by atoms with van der Waals surface area (Å²) in [5.74, 6) is 0.287. The third-order valence-corrected chi connectivity index (χ3v) is 3.50. The van der Waals surface area contributed by atoms with E-state index in [2.05, 4.69) is 10.6 Å². The first-order valence-corrected chi connectivity index (χ1v) is 6.96. The fraction of sp³-hybridized carbons (Fsp3) is 0.533. The highest BCUT2D eigenvalue weighted by Gasteiger charge is 2.28. The smallest absolute Gasteiger partial charge is 0.223 e. The zero-order chi connectivity index (χ0) is 14.5. The van der Waals surface area contributed by atoms with Crippen LogP contribution in [0.25, 0.3) is 0 Å². The minimum Gasteiger partial charge on any atom is -0.494 e. The van der Waals surface area contributed by atoms with E-state index in [4.69, 9.17) is 4.74 Å². The van der Waals surface area contributed by atoms with Gasteiger partial charge in [0.15, 0.2) is 11.6 Å². The van der Waals surface area contributed by atoms with Gasteiger partial charge in [-0.25, -0.2) is 4.39 Å². The van der Waals surface area contributed by atoms with Gasteiger partial charge in [-0.05, 0) is 37.5 Å². The first-order valence-electron chi connectivity index (χ1n) is 6.96. The van der Waals surface area contributed by atoms with E-state index in [1.165, 1.54) is 13.2 Å². The van der Waals surface area contributed by atoms with Crippen molar-refractivity contribution in [2.75, 3.05) is 20.2 Å². The lowest BCUT2D eigenvalue weighted by atomic mass is 10.1. The van der Waals surface area contributed by atoms with E-state index in [1.807, 2.05) is 6.92 Å². The summed E-state index contributed by atoms with van der Waals surface area (Å²) in [5.41, 5.74) is 0.955. The Labute approximate surface area is 118 Å². The summed E-state index contributed by atoms with van der Waals surface area (Å²) in [6.45, 7) is 3.28. The largest absolute Gasteiger partial charge is 0.494 e. The molecular formula is C15H21FN2O2. The summed E-state index contributed by atoms with van der Waals surface area (Å²) < 4.78 is 18.3. The number of carbonyl (C=O) groups excluding carboxylic acids is 1. The van der Waals surface area contributed by atoms with Gasteiger partial charge in [0.25, 0.3) is 0 Å². The van der Waals surface area contributed by atoms with Crippen molar-refractivity contribution in [2.45, 2.75) is 25.8 Å². The number of carbonyl (C=O) groups is 1. The summed E-state index contributed by atoms with van der Waals surface area (Å²) in [5, 5.41) is 6.19. The predicted octanol–water partition coefficient (Wildman–Crippen LogP) is 2.01. The predicted molar refractivity (Wildman–Crippen MR) is 75.1 cm³/mol. The maximum Gasteiger partial charge on any atom is 0.223 e. The Balaban J connectivity index is 1.76. The Bertz CT molecular complexity index is 475.